The van der Waals surface area contributed by atoms with E-state index in [0.29, 0.717) is 31.1 Å². The summed E-state index contributed by atoms with van der Waals surface area (Å²) in [6, 6.07) is 9.22. The van der Waals surface area contributed by atoms with Gasteiger partial charge in [-0.05, 0) is 29.3 Å². The second-order valence-electron chi connectivity index (χ2n) is 6.02. The van der Waals surface area contributed by atoms with Crippen molar-refractivity contribution in [2.75, 3.05) is 20.8 Å². The van der Waals surface area contributed by atoms with E-state index in [1.54, 1.807) is 37.6 Å². The number of aromatic nitrogens is 1. The highest BCUT2D eigenvalue weighted by Crippen LogP contribution is 2.28. The zero-order chi connectivity index (χ0) is 19.6. The summed E-state index contributed by atoms with van der Waals surface area (Å²) >= 11 is 0. The molecule has 1 heterocycles. The fourth-order valence-electron chi connectivity index (χ4n) is 2.58. The van der Waals surface area contributed by atoms with Gasteiger partial charge in [-0.15, -0.1) is 0 Å². The lowest BCUT2D eigenvalue weighted by Crippen LogP contribution is -2.33. The van der Waals surface area contributed by atoms with E-state index in [4.69, 9.17) is 9.47 Å². The molecule has 0 bridgehead atoms. The van der Waals surface area contributed by atoms with Gasteiger partial charge in [-0.3, -0.25) is 14.6 Å². The fraction of sp³-hybridized carbons (Fsp3) is 0.350. The van der Waals surface area contributed by atoms with Crippen molar-refractivity contribution in [3.05, 3.63) is 53.9 Å². The Morgan fingerprint density at radius 3 is 2.52 bits per heavy atom. The summed E-state index contributed by atoms with van der Waals surface area (Å²) in [7, 11) is 3.14. The summed E-state index contributed by atoms with van der Waals surface area (Å²) in [4.78, 5) is 29.7. The molecule has 0 aliphatic carbocycles. The van der Waals surface area contributed by atoms with Crippen molar-refractivity contribution in [3.63, 3.8) is 0 Å². The Morgan fingerprint density at radius 1 is 1.11 bits per heavy atom. The summed E-state index contributed by atoms with van der Waals surface area (Å²) in [5.74, 6) is 1.03. The van der Waals surface area contributed by atoms with Gasteiger partial charge in [0, 0.05) is 45.4 Å². The zero-order valence-electron chi connectivity index (χ0n) is 15.9. The van der Waals surface area contributed by atoms with Crippen molar-refractivity contribution in [1.82, 2.24) is 15.2 Å². The van der Waals surface area contributed by atoms with Gasteiger partial charge in [0.2, 0.25) is 11.8 Å². The topological polar surface area (TPSA) is 80.8 Å². The van der Waals surface area contributed by atoms with Crippen LogP contribution in [0, 0.1) is 0 Å². The van der Waals surface area contributed by atoms with E-state index in [-0.39, 0.29) is 18.2 Å². The highest BCUT2D eigenvalue weighted by atomic mass is 16.5. The fourth-order valence-corrected chi connectivity index (χ4v) is 2.58. The Balaban J connectivity index is 1.89. The number of carbonyl (C=O) groups is 2. The van der Waals surface area contributed by atoms with Crippen LogP contribution in [-0.2, 0) is 22.7 Å². The largest absolute Gasteiger partial charge is 0.493 e. The number of ether oxygens (including phenoxy) is 2. The normalized spacial score (nSPS) is 10.2. The van der Waals surface area contributed by atoms with Crippen molar-refractivity contribution < 1.29 is 19.1 Å². The van der Waals surface area contributed by atoms with Crippen LogP contribution in [0.1, 0.15) is 24.5 Å². The minimum atomic E-state index is -0.114. The molecule has 0 radical (unpaired) electrons. The Hall–Kier alpha value is -3.09. The van der Waals surface area contributed by atoms with E-state index in [2.05, 4.69) is 10.3 Å². The van der Waals surface area contributed by atoms with Gasteiger partial charge in [0.05, 0.1) is 14.2 Å². The number of nitrogens with zero attached hydrogens (tertiary/aromatic N) is 2. The van der Waals surface area contributed by atoms with Gasteiger partial charge in [-0.1, -0.05) is 12.1 Å². The molecular formula is C20H25N3O4. The third-order valence-corrected chi connectivity index (χ3v) is 4.09. The van der Waals surface area contributed by atoms with Crippen LogP contribution in [0.3, 0.4) is 0 Å². The summed E-state index contributed by atoms with van der Waals surface area (Å²) in [6.45, 7) is 2.64. The molecule has 0 atom stereocenters. The van der Waals surface area contributed by atoms with Gasteiger partial charge in [0.25, 0.3) is 0 Å². The predicted molar refractivity (Wildman–Crippen MR) is 101 cm³/mol. The lowest BCUT2D eigenvalue weighted by molar-refractivity contribution is -0.130. The molecule has 1 N–H and O–H groups in total. The number of carbonyl (C=O) groups excluding carboxylic acids is 2. The Bertz CT molecular complexity index is 765. The standard InChI is InChI=1S/C20H25N3O4/c1-15(24)23(14-16-6-7-18(26-2)19(11-16)27-3)10-8-20(25)22-13-17-5-4-9-21-12-17/h4-7,9,11-12H,8,10,13-14H2,1-3H3,(H,22,25). The number of benzene rings is 1. The average Bonchev–Trinajstić information content (AvgIpc) is 2.69. The molecule has 27 heavy (non-hydrogen) atoms. The SMILES string of the molecule is COc1ccc(CN(CCC(=O)NCc2cccnc2)C(C)=O)cc1OC. The maximum Gasteiger partial charge on any atom is 0.222 e. The van der Waals surface area contributed by atoms with E-state index >= 15 is 0 Å². The van der Waals surface area contributed by atoms with Crippen molar-refractivity contribution in [2.24, 2.45) is 0 Å². The van der Waals surface area contributed by atoms with Gasteiger partial charge in [-0.2, -0.15) is 0 Å². The lowest BCUT2D eigenvalue weighted by Gasteiger charge is -2.21. The molecule has 0 fully saturated rings. The Morgan fingerprint density at radius 2 is 1.89 bits per heavy atom. The first-order chi connectivity index (χ1) is 13.0. The molecule has 7 heteroatoms. The maximum absolute atomic E-state index is 12.1. The summed E-state index contributed by atoms with van der Waals surface area (Å²) < 4.78 is 10.5. The Labute approximate surface area is 159 Å². The Kier molecular flexibility index (Phi) is 7.61. The second kappa shape index (κ2) is 10.2. The quantitative estimate of drug-likeness (QED) is 0.731. The number of nitrogens with one attached hydrogen (secondary N) is 1. The molecule has 2 aromatic rings. The smallest absolute Gasteiger partial charge is 0.222 e. The van der Waals surface area contributed by atoms with Crippen LogP contribution in [0.5, 0.6) is 11.5 Å². The monoisotopic (exact) mass is 371 g/mol. The van der Waals surface area contributed by atoms with Crippen LogP contribution in [0.15, 0.2) is 42.7 Å². The molecule has 144 valence electrons. The summed E-state index contributed by atoms with van der Waals surface area (Å²) in [6.07, 6.45) is 3.62. The van der Waals surface area contributed by atoms with E-state index in [1.807, 2.05) is 24.3 Å². The van der Waals surface area contributed by atoms with Crippen LogP contribution in [0.4, 0.5) is 0 Å². The third-order valence-electron chi connectivity index (χ3n) is 4.09. The molecule has 0 saturated carbocycles. The molecule has 1 aromatic carbocycles. The summed E-state index contributed by atoms with van der Waals surface area (Å²) in [5.41, 5.74) is 1.83. The molecule has 0 aliphatic rings. The second-order valence-corrected chi connectivity index (χ2v) is 6.02. The van der Waals surface area contributed by atoms with Crippen LogP contribution >= 0.6 is 0 Å². The number of methoxy groups -OCH3 is 2. The molecule has 0 aliphatic heterocycles. The molecule has 0 spiro atoms. The molecule has 2 rings (SSSR count). The van der Waals surface area contributed by atoms with Gasteiger partial charge >= 0.3 is 0 Å². The first-order valence-electron chi connectivity index (χ1n) is 8.65. The number of rotatable bonds is 9. The molecule has 0 unspecified atom stereocenters. The number of amides is 2. The van der Waals surface area contributed by atoms with Gasteiger partial charge < -0.3 is 19.7 Å². The van der Waals surface area contributed by atoms with E-state index in [0.717, 1.165) is 11.1 Å². The first kappa shape index (κ1) is 20.2. The van der Waals surface area contributed by atoms with Gasteiger partial charge in [0.1, 0.15) is 0 Å². The van der Waals surface area contributed by atoms with Crippen LogP contribution < -0.4 is 14.8 Å². The molecule has 1 aromatic heterocycles. The highest BCUT2D eigenvalue weighted by Gasteiger charge is 2.13. The predicted octanol–water partition coefficient (Wildman–Crippen LogP) is 2.15. The van der Waals surface area contributed by atoms with Crippen molar-refractivity contribution in [2.45, 2.75) is 26.4 Å². The third kappa shape index (κ3) is 6.29. The molecule has 7 nitrogen and oxygen atoms in total. The number of pyridine rings is 1. The minimum absolute atomic E-state index is 0.0927. The summed E-state index contributed by atoms with van der Waals surface area (Å²) in [5, 5.41) is 2.84. The van der Waals surface area contributed by atoms with E-state index in [1.165, 1.54) is 6.92 Å². The van der Waals surface area contributed by atoms with Crippen LogP contribution in [0.25, 0.3) is 0 Å². The van der Waals surface area contributed by atoms with Crippen molar-refractivity contribution in [3.8, 4) is 11.5 Å². The number of hydrogen-bond donors (Lipinski definition) is 1. The van der Waals surface area contributed by atoms with Crippen molar-refractivity contribution in [1.29, 1.82) is 0 Å². The molecular weight excluding hydrogens is 346 g/mol. The number of hydrogen-bond acceptors (Lipinski definition) is 5. The van der Waals surface area contributed by atoms with Crippen molar-refractivity contribution >= 4 is 11.8 Å². The zero-order valence-corrected chi connectivity index (χ0v) is 15.9. The minimum Gasteiger partial charge on any atom is -0.493 e. The molecule has 2 amide bonds. The first-order valence-corrected chi connectivity index (χ1v) is 8.65. The lowest BCUT2D eigenvalue weighted by atomic mass is 10.1. The van der Waals surface area contributed by atoms with Gasteiger partial charge in [-0.25, -0.2) is 0 Å². The van der Waals surface area contributed by atoms with E-state index in [9.17, 15) is 9.59 Å². The van der Waals surface area contributed by atoms with Crippen LogP contribution in [0.2, 0.25) is 0 Å². The van der Waals surface area contributed by atoms with E-state index < -0.39 is 0 Å². The van der Waals surface area contributed by atoms with Gasteiger partial charge in [0.15, 0.2) is 11.5 Å². The highest BCUT2D eigenvalue weighted by molar-refractivity contribution is 5.78. The molecule has 0 saturated heterocycles. The van der Waals surface area contributed by atoms with Crippen LogP contribution in [-0.4, -0.2) is 42.5 Å². The average molecular weight is 371 g/mol. The maximum atomic E-state index is 12.1.